The van der Waals surface area contributed by atoms with Crippen LogP contribution < -0.4 is 0 Å². The van der Waals surface area contributed by atoms with Gasteiger partial charge in [0.05, 0.1) is 6.10 Å². The zero-order chi connectivity index (χ0) is 13.3. The molecule has 1 aromatic rings. The molecule has 1 N–H and O–H groups in total. The van der Waals surface area contributed by atoms with E-state index in [1.807, 2.05) is 0 Å². The van der Waals surface area contributed by atoms with E-state index in [1.165, 1.54) is 22.3 Å². The molecule has 1 saturated carbocycles. The summed E-state index contributed by atoms with van der Waals surface area (Å²) in [4.78, 5) is 2.39. The first-order valence-corrected chi connectivity index (χ1v) is 6.89. The number of rotatable bonds is 4. The first kappa shape index (κ1) is 13.6. The molecule has 18 heavy (non-hydrogen) atoms. The summed E-state index contributed by atoms with van der Waals surface area (Å²) >= 11 is 0. The molecule has 1 aromatic carbocycles. The van der Waals surface area contributed by atoms with Crippen molar-refractivity contribution in [1.29, 1.82) is 0 Å². The minimum atomic E-state index is -0.0359. The maximum atomic E-state index is 9.32. The van der Waals surface area contributed by atoms with Crippen LogP contribution in [-0.4, -0.2) is 29.7 Å². The third-order valence-electron chi connectivity index (χ3n) is 4.05. The molecule has 0 heterocycles. The van der Waals surface area contributed by atoms with Crippen LogP contribution in [0.4, 0.5) is 0 Å². The summed E-state index contributed by atoms with van der Waals surface area (Å²) in [6.07, 6.45) is 1.93. The smallest absolute Gasteiger partial charge is 0.0546 e. The number of benzene rings is 1. The Hall–Kier alpha value is -0.860. The summed E-state index contributed by atoms with van der Waals surface area (Å²) < 4.78 is 0. The Morgan fingerprint density at radius 3 is 2.22 bits per heavy atom. The Bertz CT molecular complexity index is 398. The van der Waals surface area contributed by atoms with E-state index in [0.29, 0.717) is 5.92 Å². The van der Waals surface area contributed by atoms with Crippen LogP contribution in [0.1, 0.15) is 35.1 Å². The van der Waals surface area contributed by atoms with Crippen molar-refractivity contribution in [2.45, 2.75) is 46.3 Å². The molecule has 1 fully saturated rings. The fourth-order valence-electron chi connectivity index (χ4n) is 3.08. The molecule has 0 bridgehead atoms. The van der Waals surface area contributed by atoms with Crippen molar-refractivity contribution >= 4 is 0 Å². The molecular weight excluding hydrogens is 222 g/mol. The van der Waals surface area contributed by atoms with Crippen LogP contribution >= 0.6 is 0 Å². The maximum Gasteiger partial charge on any atom is 0.0546 e. The fraction of sp³-hybridized carbons (Fsp3) is 0.625. The molecule has 0 saturated heterocycles. The Morgan fingerprint density at radius 1 is 1.17 bits per heavy atom. The summed E-state index contributed by atoms with van der Waals surface area (Å²) in [5.74, 6) is 0.691. The SMILES string of the molecule is Cc1cc(C)c(CN(C)CC2CC(O)C2)c(C)c1. The van der Waals surface area contributed by atoms with E-state index in [2.05, 4.69) is 44.9 Å². The first-order valence-electron chi connectivity index (χ1n) is 6.89. The van der Waals surface area contributed by atoms with E-state index < -0.39 is 0 Å². The Labute approximate surface area is 111 Å². The van der Waals surface area contributed by atoms with Crippen LogP contribution in [0, 0.1) is 26.7 Å². The molecule has 0 atom stereocenters. The number of hydrogen-bond donors (Lipinski definition) is 1. The Balaban J connectivity index is 1.96. The van der Waals surface area contributed by atoms with Gasteiger partial charge >= 0.3 is 0 Å². The van der Waals surface area contributed by atoms with Crippen molar-refractivity contribution in [3.63, 3.8) is 0 Å². The number of aryl methyl sites for hydroxylation is 3. The average Bonchev–Trinajstić information content (AvgIpc) is 2.21. The molecule has 2 nitrogen and oxygen atoms in total. The lowest BCUT2D eigenvalue weighted by Crippen LogP contribution is -2.37. The van der Waals surface area contributed by atoms with Crippen molar-refractivity contribution in [2.24, 2.45) is 5.92 Å². The predicted octanol–water partition coefficient (Wildman–Crippen LogP) is 2.81. The van der Waals surface area contributed by atoms with E-state index in [0.717, 1.165) is 25.9 Å². The van der Waals surface area contributed by atoms with Gasteiger partial charge in [-0.15, -0.1) is 0 Å². The van der Waals surface area contributed by atoms with Crippen molar-refractivity contribution in [3.05, 3.63) is 34.4 Å². The molecule has 1 aliphatic rings. The minimum absolute atomic E-state index is 0.0359. The highest BCUT2D eigenvalue weighted by Gasteiger charge is 2.27. The van der Waals surface area contributed by atoms with E-state index in [-0.39, 0.29) is 6.10 Å². The topological polar surface area (TPSA) is 23.5 Å². The summed E-state index contributed by atoms with van der Waals surface area (Å²) in [6.45, 7) is 8.68. The quantitative estimate of drug-likeness (QED) is 0.884. The average molecular weight is 247 g/mol. The van der Waals surface area contributed by atoms with E-state index in [9.17, 15) is 5.11 Å². The molecule has 1 aliphatic carbocycles. The monoisotopic (exact) mass is 247 g/mol. The summed E-state index contributed by atoms with van der Waals surface area (Å²) in [5, 5.41) is 9.32. The lowest BCUT2D eigenvalue weighted by atomic mass is 9.82. The van der Waals surface area contributed by atoms with Gasteiger partial charge in [0, 0.05) is 13.1 Å². The van der Waals surface area contributed by atoms with Gasteiger partial charge < -0.3 is 10.0 Å². The Morgan fingerprint density at radius 2 is 1.72 bits per heavy atom. The standard InChI is InChI=1S/C16H25NO/c1-11-5-12(2)16(13(3)6-11)10-17(4)9-14-7-15(18)8-14/h5-6,14-15,18H,7-10H2,1-4H3. The highest BCUT2D eigenvalue weighted by atomic mass is 16.3. The van der Waals surface area contributed by atoms with Crippen LogP contribution in [-0.2, 0) is 6.54 Å². The highest BCUT2D eigenvalue weighted by Crippen LogP contribution is 2.28. The molecule has 0 aromatic heterocycles. The van der Waals surface area contributed by atoms with Crippen LogP contribution in [0.15, 0.2) is 12.1 Å². The molecule has 2 rings (SSSR count). The normalized spacial score (nSPS) is 23.2. The number of aliphatic hydroxyl groups is 1. The molecule has 0 amide bonds. The fourth-order valence-corrected chi connectivity index (χ4v) is 3.08. The summed E-state index contributed by atoms with van der Waals surface area (Å²) in [7, 11) is 2.18. The molecule has 0 radical (unpaired) electrons. The summed E-state index contributed by atoms with van der Waals surface area (Å²) in [6, 6.07) is 4.53. The first-order chi connectivity index (χ1) is 8.45. The van der Waals surface area contributed by atoms with Crippen LogP contribution in [0.5, 0.6) is 0 Å². The molecule has 100 valence electrons. The van der Waals surface area contributed by atoms with Crippen LogP contribution in [0.25, 0.3) is 0 Å². The predicted molar refractivity (Wildman–Crippen MR) is 75.7 cm³/mol. The van der Waals surface area contributed by atoms with Gasteiger partial charge in [0.2, 0.25) is 0 Å². The lowest BCUT2D eigenvalue weighted by molar-refractivity contribution is 0.0273. The van der Waals surface area contributed by atoms with Gasteiger partial charge in [0.25, 0.3) is 0 Å². The van der Waals surface area contributed by atoms with E-state index in [1.54, 1.807) is 0 Å². The molecular formula is C16H25NO. The van der Waals surface area contributed by atoms with Crippen molar-refractivity contribution in [3.8, 4) is 0 Å². The number of hydrogen-bond acceptors (Lipinski definition) is 2. The van der Waals surface area contributed by atoms with Crippen molar-refractivity contribution in [1.82, 2.24) is 4.90 Å². The molecule has 0 spiro atoms. The van der Waals surface area contributed by atoms with Crippen LogP contribution in [0.3, 0.4) is 0 Å². The lowest BCUT2D eigenvalue weighted by Gasteiger charge is -2.34. The van der Waals surface area contributed by atoms with Gasteiger partial charge in [0.15, 0.2) is 0 Å². The van der Waals surface area contributed by atoms with Crippen molar-refractivity contribution in [2.75, 3.05) is 13.6 Å². The molecule has 0 aliphatic heterocycles. The largest absolute Gasteiger partial charge is 0.393 e. The third-order valence-corrected chi connectivity index (χ3v) is 4.05. The number of aliphatic hydroxyl groups excluding tert-OH is 1. The molecule has 0 unspecified atom stereocenters. The zero-order valence-corrected chi connectivity index (χ0v) is 12.0. The zero-order valence-electron chi connectivity index (χ0n) is 12.0. The van der Waals surface area contributed by atoms with E-state index >= 15 is 0 Å². The summed E-state index contributed by atoms with van der Waals surface area (Å²) in [5.41, 5.74) is 5.60. The van der Waals surface area contributed by atoms with Gasteiger partial charge in [-0.2, -0.15) is 0 Å². The van der Waals surface area contributed by atoms with Gasteiger partial charge in [-0.05, 0) is 63.3 Å². The van der Waals surface area contributed by atoms with Gasteiger partial charge in [-0.25, -0.2) is 0 Å². The van der Waals surface area contributed by atoms with Gasteiger partial charge in [0.1, 0.15) is 0 Å². The molecule has 2 heteroatoms. The second-order valence-corrected chi connectivity index (χ2v) is 6.07. The minimum Gasteiger partial charge on any atom is -0.393 e. The van der Waals surface area contributed by atoms with E-state index in [4.69, 9.17) is 0 Å². The Kier molecular flexibility index (Phi) is 4.08. The number of nitrogens with zero attached hydrogens (tertiary/aromatic N) is 1. The third kappa shape index (κ3) is 3.12. The maximum absolute atomic E-state index is 9.32. The van der Waals surface area contributed by atoms with Crippen LogP contribution in [0.2, 0.25) is 0 Å². The second-order valence-electron chi connectivity index (χ2n) is 6.07. The highest BCUT2D eigenvalue weighted by molar-refractivity contribution is 5.37. The second kappa shape index (κ2) is 5.41. The van der Waals surface area contributed by atoms with Crippen molar-refractivity contribution < 1.29 is 5.11 Å². The van der Waals surface area contributed by atoms with Gasteiger partial charge in [-0.3, -0.25) is 0 Å². The van der Waals surface area contributed by atoms with Gasteiger partial charge in [-0.1, -0.05) is 17.7 Å².